The van der Waals surface area contributed by atoms with Gasteiger partial charge in [-0.1, -0.05) is 32.4 Å². The second kappa shape index (κ2) is 3.18. The number of halogens is 1. The molecule has 0 unspecified atom stereocenters. The quantitative estimate of drug-likeness (QED) is 0.652. The number of hydrogen-bond donors (Lipinski definition) is 1. The van der Waals surface area contributed by atoms with Crippen LogP contribution in [0.15, 0.2) is 6.07 Å². The zero-order valence-electron chi connectivity index (χ0n) is 8.35. The summed E-state index contributed by atoms with van der Waals surface area (Å²) in [4.78, 5) is 3.96. The summed E-state index contributed by atoms with van der Waals surface area (Å²) < 4.78 is 0. The molecule has 0 atom stereocenters. The summed E-state index contributed by atoms with van der Waals surface area (Å²) in [6, 6.07) is 1.71. The van der Waals surface area contributed by atoms with E-state index in [1.807, 2.05) is 20.8 Å². The number of pyridine rings is 1. The largest absolute Gasteiger partial charge is 0.506 e. The van der Waals surface area contributed by atoms with E-state index in [2.05, 4.69) is 4.98 Å². The summed E-state index contributed by atoms with van der Waals surface area (Å²) in [6.45, 7) is 7.82. The molecule has 0 aromatic carbocycles. The molecular weight excluding hydrogens is 186 g/mol. The first kappa shape index (κ1) is 10.3. The van der Waals surface area contributed by atoms with Gasteiger partial charge in [0.15, 0.2) is 0 Å². The Kier molecular flexibility index (Phi) is 2.53. The molecule has 0 fully saturated rings. The first-order valence-electron chi connectivity index (χ1n) is 4.19. The molecule has 0 saturated carbocycles. The highest BCUT2D eigenvalue weighted by molar-refractivity contribution is 6.29. The molecule has 1 aromatic heterocycles. The van der Waals surface area contributed by atoms with E-state index in [1.54, 1.807) is 13.0 Å². The Balaban J connectivity index is 3.37. The maximum absolute atomic E-state index is 9.74. The van der Waals surface area contributed by atoms with Crippen LogP contribution < -0.4 is 0 Å². The van der Waals surface area contributed by atoms with Crippen LogP contribution in [0.1, 0.15) is 32.0 Å². The van der Waals surface area contributed by atoms with Crippen molar-refractivity contribution in [3.63, 3.8) is 0 Å². The molecule has 2 nitrogen and oxygen atoms in total. The molecule has 1 heterocycles. The molecule has 0 aliphatic heterocycles. The Bertz CT molecular complexity index is 328. The number of nitrogens with zero attached hydrogens (tertiary/aromatic N) is 1. The van der Waals surface area contributed by atoms with Gasteiger partial charge in [-0.05, 0) is 18.4 Å². The third kappa shape index (κ3) is 2.13. The molecule has 0 amide bonds. The van der Waals surface area contributed by atoms with Crippen LogP contribution in [0.25, 0.3) is 0 Å². The topological polar surface area (TPSA) is 33.1 Å². The Morgan fingerprint density at radius 2 is 1.92 bits per heavy atom. The van der Waals surface area contributed by atoms with Gasteiger partial charge in [0.2, 0.25) is 0 Å². The van der Waals surface area contributed by atoms with Gasteiger partial charge in [0.05, 0.1) is 5.69 Å². The van der Waals surface area contributed by atoms with Crippen molar-refractivity contribution in [2.45, 2.75) is 33.1 Å². The van der Waals surface area contributed by atoms with E-state index in [4.69, 9.17) is 11.6 Å². The number of hydrogen-bond acceptors (Lipinski definition) is 2. The van der Waals surface area contributed by atoms with Gasteiger partial charge in [-0.2, -0.15) is 0 Å². The predicted octanol–water partition coefficient (Wildman–Crippen LogP) is 3.05. The molecule has 0 spiro atoms. The third-order valence-electron chi connectivity index (χ3n) is 1.94. The van der Waals surface area contributed by atoms with Crippen molar-refractivity contribution in [2.75, 3.05) is 0 Å². The van der Waals surface area contributed by atoms with Crippen LogP contribution in [0.5, 0.6) is 5.75 Å². The minimum absolute atomic E-state index is 0.110. The SMILES string of the molecule is Cc1nc(Cl)cc(C(C)(C)C)c1O. The molecule has 0 saturated heterocycles. The van der Waals surface area contributed by atoms with Crippen LogP contribution in [0, 0.1) is 6.92 Å². The Hall–Kier alpha value is -0.760. The summed E-state index contributed by atoms with van der Waals surface area (Å²) in [6.07, 6.45) is 0. The summed E-state index contributed by atoms with van der Waals surface area (Å²) in [5.74, 6) is 0.247. The van der Waals surface area contributed by atoms with Crippen molar-refractivity contribution in [1.29, 1.82) is 0 Å². The van der Waals surface area contributed by atoms with Gasteiger partial charge < -0.3 is 5.11 Å². The van der Waals surface area contributed by atoms with Crippen LogP contribution in [0.2, 0.25) is 5.15 Å². The van der Waals surface area contributed by atoms with Gasteiger partial charge in [0.1, 0.15) is 10.9 Å². The maximum Gasteiger partial charge on any atom is 0.140 e. The van der Waals surface area contributed by atoms with E-state index in [0.29, 0.717) is 10.8 Å². The second-order valence-corrected chi connectivity index (χ2v) is 4.56. The van der Waals surface area contributed by atoms with Crippen LogP contribution in [-0.2, 0) is 5.41 Å². The van der Waals surface area contributed by atoms with E-state index in [0.717, 1.165) is 5.56 Å². The first-order valence-corrected chi connectivity index (χ1v) is 4.57. The normalized spacial score (nSPS) is 11.8. The van der Waals surface area contributed by atoms with E-state index in [-0.39, 0.29) is 11.2 Å². The van der Waals surface area contributed by atoms with Crippen molar-refractivity contribution in [2.24, 2.45) is 0 Å². The molecule has 0 aliphatic carbocycles. The van der Waals surface area contributed by atoms with E-state index in [9.17, 15) is 5.11 Å². The lowest BCUT2D eigenvalue weighted by Gasteiger charge is -2.21. The lowest BCUT2D eigenvalue weighted by Crippen LogP contribution is -2.12. The predicted molar refractivity (Wildman–Crippen MR) is 54.3 cm³/mol. The summed E-state index contributed by atoms with van der Waals surface area (Å²) in [7, 11) is 0. The molecule has 0 radical (unpaired) electrons. The Labute approximate surface area is 83.6 Å². The molecule has 1 aromatic rings. The van der Waals surface area contributed by atoms with Crippen LogP contribution in [-0.4, -0.2) is 10.1 Å². The fraction of sp³-hybridized carbons (Fsp3) is 0.500. The molecule has 0 aliphatic rings. The highest BCUT2D eigenvalue weighted by atomic mass is 35.5. The average Bonchev–Trinajstić information content (AvgIpc) is 1.94. The molecule has 0 bridgehead atoms. The third-order valence-corrected chi connectivity index (χ3v) is 2.14. The highest BCUT2D eigenvalue weighted by Gasteiger charge is 2.20. The first-order chi connectivity index (χ1) is 5.82. The highest BCUT2D eigenvalue weighted by Crippen LogP contribution is 2.33. The molecule has 72 valence electrons. The van der Waals surface area contributed by atoms with Crippen LogP contribution in [0.3, 0.4) is 0 Å². The monoisotopic (exact) mass is 199 g/mol. The van der Waals surface area contributed by atoms with Gasteiger partial charge in [-0.15, -0.1) is 0 Å². The zero-order valence-corrected chi connectivity index (χ0v) is 9.11. The minimum atomic E-state index is -0.110. The molecule has 1 rings (SSSR count). The summed E-state index contributed by atoms with van der Waals surface area (Å²) in [5.41, 5.74) is 1.31. The van der Waals surface area contributed by atoms with E-state index < -0.39 is 0 Å². The van der Waals surface area contributed by atoms with Gasteiger partial charge in [-0.3, -0.25) is 0 Å². The van der Waals surface area contributed by atoms with Crippen molar-refractivity contribution in [3.8, 4) is 5.75 Å². The van der Waals surface area contributed by atoms with Crippen molar-refractivity contribution in [3.05, 3.63) is 22.5 Å². The smallest absolute Gasteiger partial charge is 0.140 e. The van der Waals surface area contributed by atoms with Crippen LogP contribution >= 0.6 is 11.6 Å². The van der Waals surface area contributed by atoms with Crippen molar-refractivity contribution in [1.82, 2.24) is 4.98 Å². The fourth-order valence-electron chi connectivity index (χ4n) is 1.20. The molecule has 3 heteroatoms. The van der Waals surface area contributed by atoms with Crippen molar-refractivity contribution < 1.29 is 5.11 Å². The summed E-state index contributed by atoms with van der Waals surface area (Å²) in [5, 5.41) is 10.2. The van der Waals surface area contributed by atoms with E-state index in [1.165, 1.54) is 0 Å². The van der Waals surface area contributed by atoms with Gasteiger partial charge >= 0.3 is 0 Å². The molecular formula is C10H14ClNO. The van der Waals surface area contributed by atoms with Gasteiger partial charge in [0, 0.05) is 5.56 Å². The Morgan fingerprint density at radius 3 is 2.38 bits per heavy atom. The number of aromatic nitrogens is 1. The van der Waals surface area contributed by atoms with Gasteiger partial charge in [-0.25, -0.2) is 4.98 Å². The molecule has 1 N–H and O–H groups in total. The van der Waals surface area contributed by atoms with Gasteiger partial charge in [0.25, 0.3) is 0 Å². The minimum Gasteiger partial charge on any atom is -0.506 e. The number of rotatable bonds is 0. The average molecular weight is 200 g/mol. The zero-order chi connectivity index (χ0) is 10.2. The van der Waals surface area contributed by atoms with Crippen molar-refractivity contribution >= 4 is 11.6 Å². The number of aryl methyl sites for hydroxylation is 1. The second-order valence-electron chi connectivity index (χ2n) is 4.18. The Morgan fingerprint density at radius 1 is 1.38 bits per heavy atom. The van der Waals surface area contributed by atoms with Crippen LogP contribution in [0.4, 0.5) is 0 Å². The van der Waals surface area contributed by atoms with E-state index >= 15 is 0 Å². The number of aromatic hydroxyl groups is 1. The fourth-order valence-corrected chi connectivity index (χ4v) is 1.44. The molecule has 13 heavy (non-hydrogen) atoms. The lowest BCUT2D eigenvalue weighted by atomic mass is 9.86. The lowest BCUT2D eigenvalue weighted by molar-refractivity contribution is 0.439. The standard InChI is InChI=1S/C10H14ClNO/c1-6-9(13)7(10(2,3)4)5-8(11)12-6/h5,13H,1-4H3. The summed E-state index contributed by atoms with van der Waals surface area (Å²) >= 11 is 5.81. The maximum atomic E-state index is 9.74.